The zero-order chi connectivity index (χ0) is 36.5. The minimum absolute atomic E-state index is 0. The minimum atomic E-state index is -4.81. The molecule has 0 aromatic heterocycles. The summed E-state index contributed by atoms with van der Waals surface area (Å²) < 4.78 is 45.6. The average molecular weight is 741 g/mol. The van der Waals surface area contributed by atoms with Crippen LogP contribution >= 0.6 is 0 Å². The van der Waals surface area contributed by atoms with Gasteiger partial charge in [0, 0.05) is 0 Å². The molecule has 0 saturated heterocycles. The molecular formula is C42H69NaO7S. The summed E-state index contributed by atoms with van der Waals surface area (Å²) in [6, 6.07) is 3.13. The first-order chi connectivity index (χ1) is 24.3. The Bertz CT molecular complexity index is 1180. The molecule has 1 rings (SSSR count). The van der Waals surface area contributed by atoms with Crippen molar-refractivity contribution in [3.8, 4) is 0 Å². The van der Waals surface area contributed by atoms with Gasteiger partial charge in [0.15, 0.2) is 0 Å². The molecule has 0 amide bonds. The maximum atomic E-state index is 12.9. The fourth-order valence-corrected chi connectivity index (χ4v) is 6.61. The van der Waals surface area contributed by atoms with Crippen molar-refractivity contribution in [1.29, 1.82) is 0 Å². The van der Waals surface area contributed by atoms with E-state index in [0.29, 0.717) is 12.8 Å². The third-order valence-corrected chi connectivity index (χ3v) is 10.0. The van der Waals surface area contributed by atoms with Crippen LogP contribution in [-0.2, 0) is 19.6 Å². The van der Waals surface area contributed by atoms with Gasteiger partial charge >= 0.3 is 41.5 Å². The Hall–Kier alpha value is -1.45. The molecule has 0 aliphatic carbocycles. The summed E-state index contributed by atoms with van der Waals surface area (Å²) in [5, 5.41) is 0. The molecule has 0 radical (unpaired) electrons. The molecular weight excluding hydrogens is 672 g/mol. The maximum Gasteiger partial charge on any atom is 1.00 e. The third kappa shape index (κ3) is 27.8. The number of benzene rings is 1. The standard InChI is InChI=1S/C42H70O7S.Na/c1-3-5-7-9-11-13-15-17-19-21-23-25-27-29-31-35-48-41(43)39-34-33-38(50(45,46)47)37-40(39)42(44)49-36-32-30-28-26-24-22-20-18-16-14-12-10-8-6-4-2;/h3-6,33-34,37H,7-32,35-36H2,1-2H3,(H,45,46,47);/q;+1/p-1/b5-3+,6-4+;. The van der Waals surface area contributed by atoms with Crippen LogP contribution in [0, 0.1) is 0 Å². The first-order valence-electron chi connectivity index (χ1n) is 20.0. The van der Waals surface area contributed by atoms with Crippen LogP contribution in [0.15, 0.2) is 47.4 Å². The second-order valence-corrected chi connectivity index (χ2v) is 15.0. The smallest absolute Gasteiger partial charge is 0.744 e. The molecule has 0 bridgehead atoms. The quantitative estimate of drug-likeness (QED) is 0.0232. The van der Waals surface area contributed by atoms with Crippen molar-refractivity contribution >= 4 is 22.1 Å². The number of ether oxygens (including phenoxy) is 2. The molecule has 0 saturated carbocycles. The number of hydrogen-bond acceptors (Lipinski definition) is 7. The van der Waals surface area contributed by atoms with Gasteiger partial charge in [0.05, 0.1) is 29.2 Å². The SMILES string of the molecule is C/C=C/CCCCCCCCCCCCCCOC(=O)c1ccc(S(=O)(=O)[O-])cc1C(=O)OCCCCCCCCCCCCCC/C=C/C.[Na+]. The van der Waals surface area contributed by atoms with Crippen molar-refractivity contribution in [1.82, 2.24) is 0 Å². The first kappa shape index (κ1) is 49.6. The van der Waals surface area contributed by atoms with Crippen LogP contribution in [0.5, 0.6) is 0 Å². The summed E-state index contributed by atoms with van der Waals surface area (Å²) in [4.78, 5) is 25.1. The summed E-state index contributed by atoms with van der Waals surface area (Å²) in [7, 11) is -4.81. The monoisotopic (exact) mass is 740 g/mol. The van der Waals surface area contributed by atoms with Crippen molar-refractivity contribution in [3.63, 3.8) is 0 Å². The van der Waals surface area contributed by atoms with Crippen molar-refractivity contribution in [2.75, 3.05) is 13.2 Å². The van der Waals surface area contributed by atoms with E-state index in [2.05, 4.69) is 38.2 Å². The van der Waals surface area contributed by atoms with E-state index in [0.717, 1.165) is 50.7 Å². The van der Waals surface area contributed by atoms with E-state index in [9.17, 15) is 22.6 Å². The molecule has 0 spiro atoms. The second kappa shape index (κ2) is 34.3. The third-order valence-electron chi connectivity index (χ3n) is 9.19. The van der Waals surface area contributed by atoms with Crippen LogP contribution in [0.1, 0.15) is 202 Å². The van der Waals surface area contributed by atoms with Gasteiger partial charge in [-0.2, -0.15) is 0 Å². The molecule has 9 heteroatoms. The predicted octanol–water partition coefficient (Wildman–Crippen LogP) is 9.20. The number of allylic oxidation sites excluding steroid dienone is 4. The number of carbonyl (C=O) groups is 2. The van der Waals surface area contributed by atoms with Crippen LogP contribution in [0.3, 0.4) is 0 Å². The molecule has 1 aromatic rings. The Kier molecular flexibility index (Phi) is 33.4. The summed E-state index contributed by atoms with van der Waals surface area (Å²) in [5.74, 6) is -1.55. The molecule has 0 heterocycles. The molecule has 0 unspecified atom stereocenters. The van der Waals surface area contributed by atoms with Crippen molar-refractivity contribution in [2.45, 2.75) is 186 Å². The average Bonchev–Trinajstić information content (AvgIpc) is 3.10. The number of carbonyl (C=O) groups excluding carboxylic acids is 2. The van der Waals surface area contributed by atoms with E-state index >= 15 is 0 Å². The molecule has 0 N–H and O–H groups in total. The Morgan fingerprint density at radius 1 is 0.529 bits per heavy atom. The molecule has 0 aliphatic rings. The Morgan fingerprint density at radius 2 is 0.843 bits per heavy atom. The molecule has 7 nitrogen and oxygen atoms in total. The molecule has 1 aromatic carbocycles. The largest absolute Gasteiger partial charge is 1.00 e. The summed E-state index contributed by atoms with van der Waals surface area (Å²) in [6.45, 7) is 4.51. The molecule has 51 heavy (non-hydrogen) atoms. The van der Waals surface area contributed by atoms with E-state index in [-0.39, 0.29) is 53.9 Å². The predicted molar refractivity (Wildman–Crippen MR) is 205 cm³/mol. The van der Waals surface area contributed by atoms with Crippen molar-refractivity contribution in [2.24, 2.45) is 0 Å². The fraction of sp³-hybridized carbons (Fsp3) is 0.714. The zero-order valence-corrected chi connectivity index (χ0v) is 35.4. The van der Waals surface area contributed by atoms with Crippen molar-refractivity contribution in [3.05, 3.63) is 53.6 Å². The molecule has 0 atom stereocenters. The number of esters is 2. The topological polar surface area (TPSA) is 110 Å². The van der Waals surface area contributed by atoms with Gasteiger partial charge in [0.1, 0.15) is 10.1 Å². The Labute approximate surface area is 334 Å². The first-order valence-corrected chi connectivity index (χ1v) is 21.4. The van der Waals surface area contributed by atoms with E-state index in [4.69, 9.17) is 9.47 Å². The molecule has 0 aliphatic heterocycles. The van der Waals surface area contributed by atoms with E-state index in [1.807, 2.05) is 0 Å². The molecule has 286 valence electrons. The van der Waals surface area contributed by atoms with Gasteiger partial charge in [-0.15, -0.1) is 0 Å². The van der Waals surface area contributed by atoms with Crippen LogP contribution in [0.4, 0.5) is 0 Å². The van der Waals surface area contributed by atoms with E-state index in [1.165, 1.54) is 122 Å². The van der Waals surface area contributed by atoms with Gasteiger partial charge in [-0.1, -0.05) is 153 Å². The summed E-state index contributed by atoms with van der Waals surface area (Å²) in [5.41, 5.74) is -0.341. The van der Waals surface area contributed by atoms with Crippen LogP contribution in [0.2, 0.25) is 0 Å². The normalized spacial score (nSPS) is 11.7. The Morgan fingerprint density at radius 3 is 1.18 bits per heavy atom. The van der Waals surface area contributed by atoms with Crippen LogP contribution in [0.25, 0.3) is 0 Å². The maximum absolute atomic E-state index is 12.9. The number of rotatable bonds is 33. The zero-order valence-electron chi connectivity index (χ0n) is 32.6. The van der Waals surface area contributed by atoms with Crippen molar-refractivity contribution < 1.29 is 61.6 Å². The van der Waals surface area contributed by atoms with Crippen LogP contribution in [-0.4, -0.2) is 38.1 Å². The fourth-order valence-electron chi connectivity index (χ4n) is 6.11. The molecule has 0 fully saturated rings. The number of hydrogen-bond donors (Lipinski definition) is 0. The van der Waals surface area contributed by atoms with Crippen LogP contribution < -0.4 is 29.6 Å². The minimum Gasteiger partial charge on any atom is -0.744 e. The van der Waals surface area contributed by atoms with Gasteiger partial charge in [0.2, 0.25) is 0 Å². The summed E-state index contributed by atoms with van der Waals surface area (Å²) >= 11 is 0. The summed E-state index contributed by atoms with van der Waals surface area (Å²) in [6.07, 6.45) is 39.5. The van der Waals surface area contributed by atoms with Gasteiger partial charge in [0.25, 0.3) is 0 Å². The Balaban J connectivity index is 0.0000250. The van der Waals surface area contributed by atoms with Gasteiger partial charge < -0.3 is 14.0 Å². The van der Waals surface area contributed by atoms with E-state index < -0.39 is 27.0 Å². The van der Waals surface area contributed by atoms with Gasteiger partial charge in [-0.25, -0.2) is 18.0 Å². The van der Waals surface area contributed by atoms with Gasteiger partial charge in [-0.3, -0.25) is 0 Å². The van der Waals surface area contributed by atoms with E-state index in [1.54, 1.807) is 0 Å². The number of unbranched alkanes of at least 4 members (excludes halogenated alkanes) is 24. The second-order valence-electron chi connectivity index (χ2n) is 13.6. The van der Waals surface area contributed by atoms with Gasteiger partial charge in [-0.05, 0) is 70.6 Å².